The summed E-state index contributed by atoms with van der Waals surface area (Å²) in [5, 5.41) is 5.76. The van der Waals surface area contributed by atoms with Gasteiger partial charge in [0.2, 0.25) is 5.91 Å². The van der Waals surface area contributed by atoms with Gasteiger partial charge in [-0.1, -0.05) is 11.6 Å². The Balaban J connectivity index is 2.01. The highest BCUT2D eigenvalue weighted by atomic mass is 35.5. The summed E-state index contributed by atoms with van der Waals surface area (Å²) in [5.74, 6) is -0.273. The molecule has 0 saturated carbocycles. The van der Waals surface area contributed by atoms with E-state index in [4.69, 9.17) is 11.6 Å². The predicted molar refractivity (Wildman–Crippen MR) is 67.7 cm³/mol. The maximum atomic E-state index is 12.1. The highest BCUT2D eigenvalue weighted by molar-refractivity contribution is 6.32. The van der Waals surface area contributed by atoms with Crippen molar-refractivity contribution in [3.8, 4) is 5.75 Å². The minimum absolute atomic E-state index is 0.0254. The summed E-state index contributed by atoms with van der Waals surface area (Å²) >= 11 is 5.79. The lowest BCUT2D eigenvalue weighted by Crippen LogP contribution is -2.35. The highest BCUT2D eigenvalue weighted by Crippen LogP contribution is 2.29. The SMILES string of the molecule is O=C(Nc1ccc(OC(F)F)c(Cl)c1)[C@H]1CCCN1. The van der Waals surface area contributed by atoms with Crippen LogP contribution in [0.3, 0.4) is 0 Å². The molecule has 0 unspecified atom stereocenters. The Morgan fingerprint density at radius 1 is 1.53 bits per heavy atom. The quantitative estimate of drug-likeness (QED) is 0.896. The molecule has 1 aliphatic heterocycles. The van der Waals surface area contributed by atoms with Crippen LogP contribution in [-0.2, 0) is 4.79 Å². The van der Waals surface area contributed by atoms with E-state index in [2.05, 4.69) is 15.4 Å². The summed E-state index contributed by atoms with van der Waals surface area (Å²) in [6.07, 6.45) is 1.74. The number of halogens is 3. The molecule has 0 radical (unpaired) electrons. The lowest BCUT2D eigenvalue weighted by atomic mass is 10.2. The zero-order valence-corrected chi connectivity index (χ0v) is 10.7. The molecule has 1 saturated heterocycles. The fraction of sp³-hybridized carbons (Fsp3) is 0.417. The first-order valence-corrected chi connectivity index (χ1v) is 6.22. The van der Waals surface area contributed by atoms with Gasteiger partial charge in [0.15, 0.2) is 0 Å². The van der Waals surface area contributed by atoms with Gasteiger partial charge in [0.05, 0.1) is 11.1 Å². The molecule has 1 amide bonds. The molecular formula is C12H13ClF2N2O2. The van der Waals surface area contributed by atoms with E-state index in [0.717, 1.165) is 19.4 Å². The molecule has 0 bridgehead atoms. The lowest BCUT2D eigenvalue weighted by Gasteiger charge is -2.12. The Labute approximate surface area is 114 Å². The second-order valence-electron chi connectivity index (χ2n) is 4.16. The van der Waals surface area contributed by atoms with Crippen LogP contribution in [0.1, 0.15) is 12.8 Å². The molecule has 19 heavy (non-hydrogen) atoms. The average Bonchev–Trinajstić information content (AvgIpc) is 2.86. The molecule has 1 aliphatic rings. The number of amides is 1. The summed E-state index contributed by atoms with van der Waals surface area (Å²) < 4.78 is 28.3. The van der Waals surface area contributed by atoms with E-state index in [0.29, 0.717) is 5.69 Å². The molecule has 1 fully saturated rings. The van der Waals surface area contributed by atoms with Crippen LogP contribution in [0.2, 0.25) is 5.02 Å². The Bertz CT molecular complexity index is 465. The van der Waals surface area contributed by atoms with Crippen molar-refractivity contribution in [3.05, 3.63) is 23.2 Å². The molecule has 7 heteroatoms. The molecule has 1 aromatic rings. The Morgan fingerprint density at radius 2 is 2.32 bits per heavy atom. The highest BCUT2D eigenvalue weighted by Gasteiger charge is 2.22. The van der Waals surface area contributed by atoms with Crippen LogP contribution in [-0.4, -0.2) is 25.1 Å². The topological polar surface area (TPSA) is 50.4 Å². The van der Waals surface area contributed by atoms with E-state index in [-0.39, 0.29) is 22.7 Å². The zero-order chi connectivity index (χ0) is 13.8. The van der Waals surface area contributed by atoms with Crippen molar-refractivity contribution in [1.82, 2.24) is 5.32 Å². The number of nitrogens with one attached hydrogen (secondary N) is 2. The van der Waals surface area contributed by atoms with E-state index in [1.54, 1.807) is 0 Å². The molecule has 0 spiro atoms. The molecule has 104 valence electrons. The fourth-order valence-electron chi connectivity index (χ4n) is 1.91. The van der Waals surface area contributed by atoms with Crippen molar-refractivity contribution in [3.63, 3.8) is 0 Å². The van der Waals surface area contributed by atoms with E-state index < -0.39 is 6.61 Å². The number of carbonyl (C=O) groups is 1. The Kier molecular flexibility index (Phi) is 4.55. The van der Waals surface area contributed by atoms with Crippen molar-refractivity contribution in [2.75, 3.05) is 11.9 Å². The molecular weight excluding hydrogens is 278 g/mol. The number of rotatable bonds is 4. The summed E-state index contributed by atoms with van der Waals surface area (Å²) in [4.78, 5) is 11.8. The van der Waals surface area contributed by atoms with Gasteiger partial charge in [0, 0.05) is 5.69 Å². The van der Waals surface area contributed by atoms with Gasteiger partial charge in [-0.2, -0.15) is 8.78 Å². The molecule has 0 aromatic heterocycles. The first-order valence-electron chi connectivity index (χ1n) is 5.85. The smallest absolute Gasteiger partial charge is 0.387 e. The van der Waals surface area contributed by atoms with Gasteiger partial charge in [-0.25, -0.2) is 0 Å². The number of anilines is 1. The standard InChI is InChI=1S/C12H13ClF2N2O2/c13-8-6-7(3-4-10(8)19-12(14)15)17-11(18)9-2-1-5-16-9/h3-4,6,9,12,16H,1-2,5H2,(H,17,18)/t9-/m1/s1. The van der Waals surface area contributed by atoms with Crippen LogP contribution >= 0.6 is 11.6 Å². The van der Waals surface area contributed by atoms with Gasteiger partial charge in [0.25, 0.3) is 0 Å². The minimum atomic E-state index is -2.93. The van der Waals surface area contributed by atoms with Crippen LogP contribution in [0, 0.1) is 0 Å². The van der Waals surface area contributed by atoms with Crippen LogP contribution in [0.15, 0.2) is 18.2 Å². The fourth-order valence-corrected chi connectivity index (χ4v) is 2.13. The number of ether oxygens (including phenoxy) is 1. The first-order chi connectivity index (χ1) is 9.06. The monoisotopic (exact) mass is 290 g/mol. The van der Waals surface area contributed by atoms with Gasteiger partial charge in [0.1, 0.15) is 5.75 Å². The van der Waals surface area contributed by atoms with Crippen molar-refractivity contribution >= 4 is 23.2 Å². The van der Waals surface area contributed by atoms with E-state index in [1.165, 1.54) is 18.2 Å². The summed E-state index contributed by atoms with van der Waals surface area (Å²) in [6.45, 7) is -2.11. The number of alkyl halides is 2. The molecule has 1 atom stereocenters. The first kappa shape index (κ1) is 14.0. The number of benzene rings is 1. The lowest BCUT2D eigenvalue weighted by molar-refractivity contribution is -0.117. The van der Waals surface area contributed by atoms with Gasteiger partial charge < -0.3 is 15.4 Å². The maximum Gasteiger partial charge on any atom is 0.387 e. The van der Waals surface area contributed by atoms with E-state index in [9.17, 15) is 13.6 Å². The summed E-state index contributed by atoms with van der Waals surface area (Å²) in [5.41, 5.74) is 0.449. The van der Waals surface area contributed by atoms with Gasteiger partial charge >= 0.3 is 6.61 Å². The zero-order valence-electron chi connectivity index (χ0n) is 9.96. The van der Waals surface area contributed by atoms with Crippen molar-refractivity contribution in [1.29, 1.82) is 0 Å². The van der Waals surface area contributed by atoms with Gasteiger partial charge in [-0.15, -0.1) is 0 Å². The molecule has 0 aliphatic carbocycles. The Hall–Kier alpha value is -1.40. The van der Waals surface area contributed by atoms with Crippen molar-refractivity contribution in [2.45, 2.75) is 25.5 Å². The van der Waals surface area contributed by atoms with Crippen molar-refractivity contribution < 1.29 is 18.3 Å². The van der Waals surface area contributed by atoms with Crippen LogP contribution in [0.25, 0.3) is 0 Å². The second-order valence-corrected chi connectivity index (χ2v) is 4.57. The van der Waals surface area contributed by atoms with Crippen LogP contribution in [0.5, 0.6) is 5.75 Å². The van der Waals surface area contributed by atoms with Crippen LogP contribution < -0.4 is 15.4 Å². The minimum Gasteiger partial charge on any atom is -0.433 e. The molecule has 2 N–H and O–H groups in total. The third kappa shape index (κ3) is 3.78. The third-order valence-electron chi connectivity index (χ3n) is 2.79. The number of hydrogen-bond acceptors (Lipinski definition) is 3. The van der Waals surface area contributed by atoms with Crippen molar-refractivity contribution in [2.24, 2.45) is 0 Å². The summed E-state index contributed by atoms with van der Waals surface area (Å²) in [7, 11) is 0. The molecule has 1 heterocycles. The van der Waals surface area contributed by atoms with E-state index in [1.807, 2.05) is 0 Å². The number of hydrogen-bond donors (Lipinski definition) is 2. The molecule has 1 aromatic carbocycles. The number of carbonyl (C=O) groups excluding carboxylic acids is 1. The second kappa shape index (κ2) is 6.16. The van der Waals surface area contributed by atoms with Crippen LogP contribution in [0.4, 0.5) is 14.5 Å². The normalized spacial score (nSPS) is 18.6. The predicted octanol–water partition coefficient (Wildman–Crippen LogP) is 2.63. The molecule has 4 nitrogen and oxygen atoms in total. The maximum absolute atomic E-state index is 12.1. The Morgan fingerprint density at radius 3 is 2.89 bits per heavy atom. The average molecular weight is 291 g/mol. The largest absolute Gasteiger partial charge is 0.433 e. The van der Waals surface area contributed by atoms with Gasteiger partial charge in [-0.05, 0) is 37.6 Å². The van der Waals surface area contributed by atoms with E-state index >= 15 is 0 Å². The molecule has 2 rings (SSSR count). The summed E-state index contributed by atoms with van der Waals surface area (Å²) in [6, 6.07) is 3.94. The van der Waals surface area contributed by atoms with Gasteiger partial charge in [-0.3, -0.25) is 4.79 Å². The third-order valence-corrected chi connectivity index (χ3v) is 3.09.